The number of carboxylic acids is 1. The Balaban J connectivity index is 2.25. The second-order valence-electron chi connectivity index (χ2n) is 2.78. The van der Waals surface area contributed by atoms with E-state index < -0.39 is 5.97 Å². The van der Waals surface area contributed by atoms with Crippen LogP contribution in [0, 0.1) is 0 Å². The molecule has 0 fully saturated rings. The van der Waals surface area contributed by atoms with Crippen molar-refractivity contribution in [2.75, 3.05) is 10.8 Å². The molecule has 0 radical (unpaired) electrons. The minimum absolute atomic E-state index is 0.0411. The number of aromatic carboxylic acids is 1. The summed E-state index contributed by atoms with van der Waals surface area (Å²) < 4.78 is 6.79. The fourth-order valence-electron chi connectivity index (χ4n) is 1.15. The minimum atomic E-state index is -1.07. The summed E-state index contributed by atoms with van der Waals surface area (Å²) in [6.45, 7) is 2.60. The molecule has 0 saturated heterocycles. The number of carbonyl (C=O) groups is 1. The molecule has 1 N–H and O–H groups in total. The third-order valence-electron chi connectivity index (χ3n) is 1.78. The molecule has 2 heterocycles. The molecule has 74 valence electrons. The van der Waals surface area contributed by atoms with Gasteiger partial charge in [0.15, 0.2) is 6.39 Å². The van der Waals surface area contributed by atoms with Gasteiger partial charge in [-0.25, -0.2) is 9.78 Å². The van der Waals surface area contributed by atoms with Gasteiger partial charge in [-0.2, -0.15) is 0 Å². The van der Waals surface area contributed by atoms with E-state index in [1.807, 2.05) is 13.0 Å². The van der Waals surface area contributed by atoms with Crippen LogP contribution in [0.5, 0.6) is 0 Å². The SMILES string of the molecule is CC1=CCN(c2ocnc2C(=O)O)S1. The average molecular weight is 212 g/mol. The van der Waals surface area contributed by atoms with E-state index in [1.165, 1.54) is 11.9 Å². The number of hydrogen-bond donors (Lipinski definition) is 1. The molecule has 5 nitrogen and oxygen atoms in total. The van der Waals surface area contributed by atoms with Crippen molar-refractivity contribution >= 4 is 23.8 Å². The summed E-state index contributed by atoms with van der Waals surface area (Å²) >= 11 is 1.45. The Morgan fingerprint density at radius 1 is 1.79 bits per heavy atom. The van der Waals surface area contributed by atoms with Crippen LogP contribution in [0.1, 0.15) is 17.4 Å². The molecule has 14 heavy (non-hydrogen) atoms. The van der Waals surface area contributed by atoms with Crippen molar-refractivity contribution in [1.82, 2.24) is 4.98 Å². The first kappa shape index (κ1) is 9.14. The van der Waals surface area contributed by atoms with Gasteiger partial charge in [0, 0.05) is 4.91 Å². The fourth-order valence-corrected chi connectivity index (χ4v) is 2.01. The zero-order valence-corrected chi connectivity index (χ0v) is 8.24. The summed E-state index contributed by atoms with van der Waals surface area (Å²) in [4.78, 5) is 15.5. The number of carboxylic acid groups (broad SMARTS) is 1. The van der Waals surface area contributed by atoms with Gasteiger partial charge < -0.3 is 9.52 Å². The highest BCUT2D eigenvalue weighted by molar-refractivity contribution is 8.04. The topological polar surface area (TPSA) is 66.6 Å². The monoisotopic (exact) mass is 212 g/mol. The molecule has 6 heteroatoms. The van der Waals surface area contributed by atoms with Gasteiger partial charge in [0.25, 0.3) is 0 Å². The standard InChI is InChI=1S/C8H8N2O3S/c1-5-2-3-10(14-5)7-6(8(11)12)9-4-13-7/h2,4H,3H2,1H3,(H,11,12). The molecule has 2 rings (SSSR count). The third kappa shape index (κ3) is 1.48. The van der Waals surface area contributed by atoms with E-state index >= 15 is 0 Å². The molecule has 0 atom stereocenters. The number of hydrogen-bond acceptors (Lipinski definition) is 5. The molecule has 0 saturated carbocycles. The molecular formula is C8H8N2O3S. The van der Waals surface area contributed by atoms with Crippen molar-refractivity contribution < 1.29 is 14.3 Å². The third-order valence-corrected chi connectivity index (χ3v) is 2.77. The van der Waals surface area contributed by atoms with Crippen LogP contribution in [-0.4, -0.2) is 22.6 Å². The van der Waals surface area contributed by atoms with E-state index in [2.05, 4.69) is 4.98 Å². The Morgan fingerprint density at radius 3 is 3.14 bits per heavy atom. The number of aromatic nitrogens is 1. The maximum Gasteiger partial charge on any atom is 0.360 e. The lowest BCUT2D eigenvalue weighted by Crippen LogP contribution is -2.12. The van der Waals surface area contributed by atoms with Gasteiger partial charge in [0.2, 0.25) is 11.6 Å². The van der Waals surface area contributed by atoms with Gasteiger partial charge in [-0.15, -0.1) is 0 Å². The van der Waals surface area contributed by atoms with Crippen molar-refractivity contribution in [3.63, 3.8) is 0 Å². The molecule has 0 amide bonds. The second kappa shape index (κ2) is 3.38. The van der Waals surface area contributed by atoms with Crippen LogP contribution < -0.4 is 4.31 Å². The average Bonchev–Trinajstić information content (AvgIpc) is 2.70. The molecule has 0 bridgehead atoms. The molecule has 0 aliphatic carbocycles. The van der Waals surface area contributed by atoms with E-state index in [9.17, 15) is 4.79 Å². The van der Waals surface area contributed by atoms with Crippen LogP contribution in [0.25, 0.3) is 0 Å². The van der Waals surface area contributed by atoms with E-state index in [0.717, 1.165) is 11.3 Å². The fraction of sp³-hybridized carbons (Fsp3) is 0.250. The summed E-state index contributed by atoms with van der Waals surface area (Å²) in [5.41, 5.74) is -0.0411. The van der Waals surface area contributed by atoms with Crippen molar-refractivity contribution in [3.05, 3.63) is 23.1 Å². The lowest BCUT2D eigenvalue weighted by Gasteiger charge is -2.12. The smallest absolute Gasteiger partial charge is 0.360 e. The van der Waals surface area contributed by atoms with Gasteiger partial charge in [-0.3, -0.25) is 4.31 Å². The molecule has 0 unspecified atom stereocenters. The second-order valence-corrected chi connectivity index (χ2v) is 4.05. The summed E-state index contributed by atoms with van der Waals surface area (Å²) in [6.07, 6.45) is 3.14. The summed E-state index contributed by atoms with van der Waals surface area (Å²) in [7, 11) is 0. The Kier molecular flexibility index (Phi) is 2.20. The highest BCUT2D eigenvalue weighted by atomic mass is 32.2. The van der Waals surface area contributed by atoms with Gasteiger partial charge in [-0.05, 0) is 18.9 Å². The highest BCUT2D eigenvalue weighted by Crippen LogP contribution is 2.34. The molecule has 1 aliphatic heterocycles. The highest BCUT2D eigenvalue weighted by Gasteiger charge is 2.24. The van der Waals surface area contributed by atoms with E-state index in [4.69, 9.17) is 9.52 Å². The predicted molar refractivity (Wildman–Crippen MR) is 52.2 cm³/mol. The van der Waals surface area contributed by atoms with Crippen LogP contribution in [0.2, 0.25) is 0 Å². The number of oxazole rings is 1. The zero-order valence-electron chi connectivity index (χ0n) is 7.43. The predicted octanol–water partition coefficient (Wildman–Crippen LogP) is 1.74. The first-order valence-electron chi connectivity index (χ1n) is 3.97. The van der Waals surface area contributed by atoms with Gasteiger partial charge >= 0.3 is 5.97 Å². The van der Waals surface area contributed by atoms with Crippen LogP contribution >= 0.6 is 11.9 Å². The maximum absolute atomic E-state index is 10.7. The molecular weight excluding hydrogens is 204 g/mol. The Labute approximate surface area is 84.5 Å². The summed E-state index contributed by atoms with van der Waals surface area (Å²) in [5.74, 6) is -0.769. The molecule has 1 aromatic heterocycles. The van der Waals surface area contributed by atoms with E-state index in [1.54, 1.807) is 4.31 Å². The first-order chi connectivity index (χ1) is 6.68. The van der Waals surface area contributed by atoms with Gasteiger partial charge in [0.05, 0.1) is 6.54 Å². The van der Waals surface area contributed by atoms with Gasteiger partial charge in [-0.1, -0.05) is 6.08 Å². The molecule has 1 aliphatic rings. The molecule has 0 aromatic carbocycles. The van der Waals surface area contributed by atoms with Gasteiger partial charge in [0.1, 0.15) is 0 Å². The lowest BCUT2D eigenvalue weighted by molar-refractivity contribution is 0.0691. The number of anilines is 1. The Hall–Kier alpha value is -1.43. The zero-order chi connectivity index (χ0) is 10.1. The largest absolute Gasteiger partial charge is 0.476 e. The maximum atomic E-state index is 10.7. The lowest BCUT2D eigenvalue weighted by atomic mass is 10.4. The van der Waals surface area contributed by atoms with E-state index in [0.29, 0.717) is 12.4 Å². The van der Waals surface area contributed by atoms with Crippen molar-refractivity contribution in [2.24, 2.45) is 0 Å². The molecule has 1 aromatic rings. The number of nitrogens with zero attached hydrogens (tertiary/aromatic N) is 2. The Morgan fingerprint density at radius 2 is 2.57 bits per heavy atom. The van der Waals surface area contributed by atoms with Crippen molar-refractivity contribution in [1.29, 1.82) is 0 Å². The van der Waals surface area contributed by atoms with Crippen LogP contribution in [0.15, 0.2) is 21.8 Å². The first-order valence-corrected chi connectivity index (χ1v) is 4.75. The van der Waals surface area contributed by atoms with Crippen LogP contribution in [0.3, 0.4) is 0 Å². The molecule has 0 spiro atoms. The minimum Gasteiger partial charge on any atom is -0.476 e. The Bertz CT molecular complexity index is 399. The van der Waals surface area contributed by atoms with Crippen molar-refractivity contribution in [2.45, 2.75) is 6.92 Å². The van der Waals surface area contributed by atoms with E-state index in [-0.39, 0.29) is 5.69 Å². The number of rotatable bonds is 2. The van der Waals surface area contributed by atoms with Crippen LogP contribution in [0.4, 0.5) is 5.88 Å². The number of allylic oxidation sites excluding steroid dienone is 1. The summed E-state index contributed by atoms with van der Waals surface area (Å²) in [6, 6.07) is 0. The summed E-state index contributed by atoms with van der Waals surface area (Å²) in [5, 5.41) is 8.81. The quantitative estimate of drug-likeness (QED) is 0.753. The van der Waals surface area contributed by atoms with Crippen LogP contribution in [-0.2, 0) is 0 Å². The normalized spacial score (nSPS) is 15.8. The van der Waals surface area contributed by atoms with Crippen molar-refractivity contribution in [3.8, 4) is 0 Å².